The summed E-state index contributed by atoms with van der Waals surface area (Å²) in [4.78, 5) is 14.8. The molecule has 28 heavy (non-hydrogen) atoms. The van der Waals surface area contributed by atoms with E-state index < -0.39 is 0 Å². The monoisotopic (exact) mass is 385 g/mol. The van der Waals surface area contributed by atoms with E-state index in [1.54, 1.807) is 0 Å². The van der Waals surface area contributed by atoms with E-state index in [1.807, 2.05) is 12.1 Å². The molecule has 0 radical (unpaired) electrons. The number of nitrogens with zero attached hydrogens (tertiary/aromatic N) is 1. The van der Waals surface area contributed by atoms with Crippen molar-refractivity contribution >= 4 is 11.6 Å². The molecule has 0 spiro atoms. The van der Waals surface area contributed by atoms with Gasteiger partial charge in [-0.15, -0.1) is 0 Å². The van der Waals surface area contributed by atoms with Crippen molar-refractivity contribution in [3.63, 3.8) is 0 Å². The van der Waals surface area contributed by atoms with Crippen LogP contribution in [0.1, 0.15) is 61.7 Å². The van der Waals surface area contributed by atoms with Gasteiger partial charge >= 0.3 is 0 Å². The fourth-order valence-corrected chi connectivity index (χ4v) is 4.79. The van der Waals surface area contributed by atoms with Crippen molar-refractivity contribution in [2.75, 3.05) is 37.7 Å². The average Bonchev–Trinajstić information content (AvgIpc) is 3.26. The summed E-state index contributed by atoms with van der Waals surface area (Å²) in [6.07, 6.45) is 9.51. The topological polar surface area (TPSA) is 53.6 Å². The van der Waals surface area contributed by atoms with Crippen LogP contribution in [0.5, 0.6) is 0 Å². The molecular formula is C23H35N3O2. The van der Waals surface area contributed by atoms with Crippen LogP contribution in [-0.2, 0) is 4.74 Å². The third-order valence-electron chi connectivity index (χ3n) is 6.72. The number of nitrogens with one attached hydrogen (secondary N) is 2. The van der Waals surface area contributed by atoms with Crippen LogP contribution < -0.4 is 15.5 Å². The van der Waals surface area contributed by atoms with Crippen LogP contribution in [0.4, 0.5) is 5.69 Å². The number of rotatable bonds is 6. The number of hydrogen-bond acceptors (Lipinski definition) is 4. The number of anilines is 1. The second kappa shape index (κ2) is 9.75. The molecule has 2 N–H and O–H groups in total. The third kappa shape index (κ3) is 5.26. The maximum absolute atomic E-state index is 12.4. The van der Waals surface area contributed by atoms with Crippen molar-refractivity contribution in [3.05, 3.63) is 29.8 Å². The van der Waals surface area contributed by atoms with E-state index in [1.165, 1.54) is 44.2 Å². The molecule has 4 rings (SSSR count). The lowest BCUT2D eigenvalue weighted by Gasteiger charge is -2.35. The van der Waals surface area contributed by atoms with E-state index >= 15 is 0 Å². The second-order valence-electron chi connectivity index (χ2n) is 8.73. The van der Waals surface area contributed by atoms with E-state index in [-0.39, 0.29) is 5.91 Å². The Hall–Kier alpha value is -1.59. The summed E-state index contributed by atoms with van der Waals surface area (Å²) in [6.45, 7) is 5.16. The maximum atomic E-state index is 12.4. The number of piperidine rings is 1. The smallest absolute Gasteiger partial charge is 0.251 e. The maximum Gasteiger partial charge on any atom is 0.251 e. The Bertz CT molecular complexity index is 613. The van der Waals surface area contributed by atoms with Gasteiger partial charge in [-0.05, 0) is 75.3 Å². The molecule has 3 aliphatic rings. The second-order valence-corrected chi connectivity index (χ2v) is 8.73. The normalized spacial score (nSPS) is 22.5. The van der Waals surface area contributed by atoms with Gasteiger partial charge in [0.05, 0.1) is 0 Å². The molecule has 0 aromatic heterocycles. The van der Waals surface area contributed by atoms with Gasteiger partial charge in [0, 0.05) is 49.6 Å². The van der Waals surface area contributed by atoms with Gasteiger partial charge in [-0.25, -0.2) is 0 Å². The van der Waals surface area contributed by atoms with Crippen LogP contribution in [0.15, 0.2) is 24.3 Å². The predicted octanol–water partition coefficient (Wildman–Crippen LogP) is 3.34. The molecule has 1 amide bonds. The van der Waals surface area contributed by atoms with Gasteiger partial charge in [0.25, 0.3) is 5.91 Å². The quantitative estimate of drug-likeness (QED) is 0.789. The average molecular weight is 386 g/mol. The van der Waals surface area contributed by atoms with Crippen molar-refractivity contribution < 1.29 is 9.53 Å². The van der Waals surface area contributed by atoms with Gasteiger partial charge < -0.3 is 20.3 Å². The highest BCUT2D eigenvalue weighted by Crippen LogP contribution is 2.22. The Morgan fingerprint density at radius 3 is 2.29 bits per heavy atom. The Morgan fingerprint density at radius 2 is 1.61 bits per heavy atom. The molecule has 0 bridgehead atoms. The standard InChI is InChI=1S/C23H35N3O2/c27-23(25-21-3-1-2-4-21)19-5-7-22(8-6-19)26-13-9-20(10-14-26)24-17-18-11-15-28-16-12-18/h5-8,18,20-21,24H,1-4,9-17H2,(H,25,27). The van der Waals surface area contributed by atoms with E-state index in [0.717, 1.165) is 57.2 Å². The highest BCUT2D eigenvalue weighted by molar-refractivity contribution is 5.94. The van der Waals surface area contributed by atoms with Gasteiger partial charge in [-0.2, -0.15) is 0 Å². The molecule has 1 aromatic carbocycles. The summed E-state index contributed by atoms with van der Waals surface area (Å²) in [6, 6.07) is 9.19. The SMILES string of the molecule is O=C(NC1CCCC1)c1ccc(N2CCC(NCC3CCOCC3)CC2)cc1. The molecule has 1 saturated carbocycles. The molecule has 2 saturated heterocycles. The molecule has 2 aliphatic heterocycles. The van der Waals surface area contributed by atoms with Gasteiger partial charge in [0.15, 0.2) is 0 Å². The van der Waals surface area contributed by atoms with E-state index in [2.05, 4.69) is 27.7 Å². The lowest BCUT2D eigenvalue weighted by atomic mass is 9.98. The summed E-state index contributed by atoms with van der Waals surface area (Å²) in [7, 11) is 0. The molecule has 154 valence electrons. The molecule has 0 atom stereocenters. The summed E-state index contributed by atoms with van der Waals surface area (Å²) in [5.74, 6) is 0.865. The number of amides is 1. The van der Waals surface area contributed by atoms with Crippen LogP contribution in [0.25, 0.3) is 0 Å². The van der Waals surface area contributed by atoms with E-state index in [9.17, 15) is 4.79 Å². The minimum absolute atomic E-state index is 0.0782. The molecule has 3 fully saturated rings. The minimum atomic E-state index is 0.0782. The van der Waals surface area contributed by atoms with Crippen molar-refractivity contribution in [2.24, 2.45) is 5.92 Å². The van der Waals surface area contributed by atoms with Crippen LogP contribution >= 0.6 is 0 Å². The van der Waals surface area contributed by atoms with Crippen molar-refractivity contribution in [1.29, 1.82) is 0 Å². The van der Waals surface area contributed by atoms with Crippen LogP contribution in [0.3, 0.4) is 0 Å². The molecule has 0 unspecified atom stereocenters. The molecule has 5 nitrogen and oxygen atoms in total. The number of carbonyl (C=O) groups is 1. The first-order chi connectivity index (χ1) is 13.8. The number of carbonyl (C=O) groups excluding carboxylic acids is 1. The van der Waals surface area contributed by atoms with Crippen molar-refractivity contribution in [3.8, 4) is 0 Å². The van der Waals surface area contributed by atoms with Gasteiger partial charge in [0.1, 0.15) is 0 Å². The van der Waals surface area contributed by atoms with Crippen molar-refractivity contribution in [1.82, 2.24) is 10.6 Å². The van der Waals surface area contributed by atoms with Gasteiger partial charge in [-0.3, -0.25) is 4.79 Å². The zero-order valence-electron chi connectivity index (χ0n) is 17.0. The Morgan fingerprint density at radius 1 is 0.929 bits per heavy atom. The molecule has 1 aromatic rings. The number of benzene rings is 1. The predicted molar refractivity (Wildman–Crippen MR) is 113 cm³/mol. The molecular weight excluding hydrogens is 350 g/mol. The fourth-order valence-electron chi connectivity index (χ4n) is 4.79. The number of ether oxygens (including phenoxy) is 1. The summed E-state index contributed by atoms with van der Waals surface area (Å²) < 4.78 is 5.45. The first-order valence-corrected chi connectivity index (χ1v) is 11.2. The highest BCUT2D eigenvalue weighted by atomic mass is 16.5. The zero-order valence-corrected chi connectivity index (χ0v) is 17.0. The van der Waals surface area contributed by atoms with Crippen LogP contribution in [0.2, 0.25) is 0 Å². The molecule has 1 aliphatic carbocycles. The summed E-state index contributed by atoms with van der Waals surface area (Å²) >= 11 is 0. The van der Waals surface area contributed by atoms with Crippen LogP contribution in [0, 0.1) is 5.92 Å². The molecule has 2 heterocycles. The Labute approximate surface area is 169 Å². The first kappa shape index (κ1) is 19.7. The van der Waals surface area contributed by atoms with Gasteiger partial charge in [-0.1, -0.05) is 12.8 Å². The van der Waals surface area contributed by atoms with Crippen LogP contribution in [-0.4, -0.2) is 50.8 Å². The molecule has 5 heteroatoms. The lowest BCUT2D eigenvalue weighted by Crippen LogP contribution is -2.44. The third-order valence-corrected chi connectivity index (χ3v) is 6.72. The van der Waals surface area contributed by atoms with Crippen molar-refractivity contribution in [2.45, 2.75) is 63.5 Å². The first-order valence-electron chi connectivity index (χ1n) is 11.2. The highest BCUT2D eigenvalue weighted by Gasteiger charge is 2.22. The Kier molecular flexibility index (Phi) is 6.86. The zero-order chi connectivity index (χ0) is 19.2. The summed E-state index contributed by atoms with van der Waals surface area (Å²) in [5, 5.41) is 6.96. The fraction of sp³-hybridized carbons (Fsp3) is 0.696. The van der Waals surface area contributed by atoms with E-state index in [4.69, 9.17) is 4.74 Å². The lowest BCUT2D eigenvalue weighted by molar-refractivity contribution is 0.0651. The van der Waals surface area contributed by atoms with Gasteiger partial charge in [0.2, 0.25) is 0 Å². The summed E-state index contributed by atoms with van der Waals surface area (Å²) in [5.41, 5.74) is 2.02. The number of hydrogen-bond donors (Lipinski definition) is 2. The largest absolute Gasteiger partial charge is 0.381 e. The Balaban J connectivity index is 1.21. The minimum Gasteiger partial charge on any atom is -0.381 e. The van der Waals surface area contributed by atoms with E-state index in [0.29, 0.717) is 12.1 Å².